The van der Waals surface area contributed by atoms with E-state index in [1.165, 1.54) is 183 Å². The molecule has 2 nitrogen and oxygen atoms in total. The molecule has 0 N–H and O–H groups in total. The lowest BCUT2D eigenvalue weighted by Crippen LogP contribution is -2.26. The highest BCUT2D eigenvalue weighted by molar-refractivity contribution is 6.05. The summed E-state index contributed by atoms with van der Waals surface area (Å²) in [5.41, 5.74) is 20.1. The van der Waals surface area contributed by atoms with Crippen molar-refractivity contribution in [2.24, 2.45) is 0 Å². The fourth-order valence-corrected chi connectivity index (χ4v) is 13.0. The average Bonchev–Trinajstić information content (AvgIpc) is 1.63. The van der Waals surface area contributed by atoms with Crippen LogP contribution in [-0.4, -0.2) is 13.7 Å². The Hall–Kier alpha value is -7.68. The van der Waals surface area contributed by atoms with Crippen molar-refractivity contribution in [2.45, 2.75) is 167 Å². The van der Waals surface area contributed by atoms with Gasteiger partial charge in [0.2, 0.25) is 0 Å². The molecule has 0 bridgehead atoms. The number of rotatable bonds is 35. The van der Waals surface area contributed by atoms with E-state index >= 15 is 0 Å². The lowest BCUT2D eigenvalue weighted by molar-refractivity contribution is 0.304. The molecule has 0 atom stereocenters. The molecule has 0 saturated heterocycles. The second-order valence-corrected chi connectivity index (χ2v) is 24.1. The largest absolute Gasteiger partial charge is 0.497 e. The molecule has 86 heavy (non-hydrogen) atoms. The van der Waals surface area contributed by atoms with E-state index in [2.05, 4.69) is 245 Å². The first-order valence-corrected chi connectivity index (χ1v) is 33.2. The molecule has 0 heterocycles. The molecule has 444 valence electrons. The van der Waals surface area contributed by atoms with Crippen LogP contribution in [0.15, 0.2) is 194 Å². The third-order valence-electron chi connectivity index (χ3n) is 17.6. The van der Waals surface area contributed by atoms with Gasteiger partial charge in [0.1, 0.15) is 11.5 Å². The summed E-state index contributed by atoms with van der Waals surface area (Å²) in [7, 11) is 1.73. The normalized spacial score (nSPS) is 12.5. The number of hydrogen-bond acceptors (Lipinski definition) is 2. The Morgan fingerprint density at radius 3 is 1.17 bits per heavy atom. The molecule has 8 aromatic rings. The Bertz CT molecular complexity index is 3390. The zero-order chi connectivity index (χ0) is 59.4. The summed E-state index contributed by atoms with van der Waals surface area (Å²) in [6.45, 7) is 7.70. The molecule has 0 spiro atoms. The first-order chi connectivity index (χ1) is 42.5. The topological polar surface area (TPSA) is 18.5 Å². The number of fused-ring (bicyclic) bond motifs is 3. The van der Waals surface area contributed by atoms with Gasteiger partial charge in [-0.15, -0.1) is 0 Å². The van der Waals surface area contributed by atoms with Crippen LogP contribution in [0.3, 0.4) is 0 Å². The third-order valence-corrected chi connectivity index (χ3v) is 17.6. The fraction of sp³-hybridized carbons (Fsp3) is 0.333. The molecular formula is C84H96O2. The zero-order valence-electron chi connectivity index (χ0n) is 52.5. The van der Waals surface area contributed by atoms with Crippen LogP contribution in [0.1, 0.15) is 229 Å². The molecule has 2 heteroatoms. The fourth-order valence-electron chi connectivity index (χ4n) is 13.0. The van der Waals surface area contributed by atoms with E-state index < -0.39 is 0 Å². The number of ether oxygens (including phenoxy) is 2. The number of methoxy groups -OCH3 is 1. The second kappa shape index (κ2) is 33.9. The molecule has 1 aliphatic rings. The van der Waals surface area contributed by atoms with Gasteiger partial charge in [0.15, 0.2) is 0 Å². The van der Waals surface area contributed by atoms with Gasteiger partial charge in [0.25, 0.3) is 0 Å². The second-order valence-electron chi connectivity index (χ2n) is 24.1. The first kappa shape index (κ1) is 62.8. The third kappa shape index (κ3) is 17.7. The zero-order valence-corrected chi connectivity index (χ0v) is 52.5. The summed E-state index contributed by atoms with van der Waals surface area (Å²) < 4.78 is 11.9. The smallest absolute Gasteiger partial charge is 0.119 e. The first-order valence-electron chi connectivity index (χ1n) is 33.2. The van der Waals surface area contributed by atoms with Gasteiger partial charge in [-0.3, -0.25) is 0 Å². The van der Waals surface area contributed by atoms with Crippen LogP contribution in [0.25, 0.3) is 58.7 Å². The van der Waals surface area contributed by atoms with Gasteiger partial charge >= 0.3 is 0 Å². The van der Waals surface area contributed by atoms with E-state index in [0.29, 0.717) is 0 Å². The van der Waals surface area contributed by atoms with E-state index in [0.717, 1.165) is 65.2 Å². The van der Waals surface area contributed by atoms with Crippen molar-refractivity contribution in [3.8, 4) is 22.6 Å². The standard InChI is InChI=1S/C84H96O2/c1-5-8-11-14-17-18-21-33-58-86-77-45-35-37-67(63-77)47-50-70-59-69(49-46-66-36-34-44-76(62-66)85-4)60-71(61-70)51-48-68-52-54-78-79-55-53-75(83(74-42-29-24-30-43-74)82(72-38-25-22-26-39-72)73-40-27-23-28-41-73)65-81(79)84(80(78)64-68,56-31-19-15-12-9-6-2)57-32-20-16-13-10-7-3/h22-30,34-55,59-65H,5-21,31-33,56-58H2,1-4H3/b49-46+,50-47+,51-48+. The number of hydrogen-bond donors (Lipinski definition) is 0. The minimum Gasteiger partial charge on any atom is -0.497 e. The minimum atomic E-state index is -0.125. The molecule has 8 aromatic carbocycles. The van der Waals surface area contributed by atoms with Gasteiger partial charge in [-0.2, -0.15) is 0 Å². The average molecular weight is 1140 g/mol. The van der Waals surface area contributed by atoms with Crippen molar-refractivity contribution in [1.29, 1.82) is 0 Å². The van der Waals surface area contributed by atoms with Crippen molar-refractivity contribution < 1.29 is 9.47 Å². The van der Waals surface area contributed by atoms with Gasteiger partial charge in [-0.25, -0.2) is 0 Å². The summed E-state index contributed by atoms with van der Waals surface area (Å²) >= 11 is 0. The highest BCUT2D eigenvalue weighted by Gasteiger charge is 2.43. The number of benzene rings is 8. The van der Waals surface area contributed by atoms with E-state index in [1.807, 2.05) is 6.07 Å². The molecule has 0 amide bonds. The maximum absolute atomic E-state index is 6.29. The van der Waals surface area contributed by atoms with Crippen LogP contribution in [0.2, 0.25) is 0 Å². The molecule has 0 fully saturated rings. The van der Waals surface area contributed by atoms with Crippen molar-refractivity contribution in [3.63, 3.8) is 0 Å². The van der Waals surface area contributed by atoms with Gasteiger partial charge in [0.05, 0.1) is 13.7 Å². The van der Waals surface area contributed by atoms with Crippen molar-refractivity contribution in [2.75, 3.05) is 13.7 Å². The lowest BCUT2D eigenvalue weighted by atomic mass is 9.69. The molecule has 0 aromatic heterocycles. The van der Waals surface area contributed by atoms with Gasteiger partial charge in [-0.05, 0) is 157 Å². The monoisotopic (exact) mass is 1140 g/mol. The maximum Gasteiger partial charge on any atom is 0.119 e. The van der Waals surface area contributed by atoms with Gasteiger partial charge < -0.3 is 9.47 Å². The van der Waals surface area contributed by atoms with Crippen molar-refractivity contribution >= 4 is 47.6 Å². The summed E-state index contributed by atoms with van der Waals surface area (Å²) in [6, 6.07) is 72.0. The summed E-state index contributed by atoms with van der Waals surface area (Å²) in [5, 5.41) is 0. The summed E-state index contributed by atoms with van der Waals surface area (Å²) in [6.07, 6.45) is 41.5. The summed E-state index contributed by atoms with van der Waals surface area (Å²) in [4.78, 5) is 0. The Labute approximate surface area is 518 Å². The van der Waals surface area contributed by atoms with Crippen molar-refractivity contribution in [3.05, 3.63) is 261 Å². The molecule has 1 aliphatic carbocycles. The predicted octanol–water partition coefficient (Wildman–Crippen LogP) is 24.5. The van der Waals surface area contributed by atoms with Gasteiger partial charge in [0, 0.05) is 5.41 Å². The van der Waals surface area contributed by atoms with Crippen LogP contribution in [0, 0.1) is 0 Å². The highest BCUT2D eigenvalue weighted by Crippen LogP contribution is 2.56. The Morgan fingerprint density at radius 1 is 0.314 bits per heavy atom. The Balaban J connectivity index is 1.09. The maximum atomic E-state index is 6.29. The van der Waals surface area contributed by atoms with Crippen LogP contribution in [0.4, 0.5) is 0 Å². The molecule has 0 saturated carbocycles. The van der Waals surface area contributed by atoms with E-state index in [9.17, 15) is 0 Å². The van der Waals surface area contributed by atoms with Gasteiger partial charge in [-0.1, -0.05) is 325 Å². The van der Waals surface area contributed by atoms with Crippen LogP contribution >= 0.6 is 0 Å². The van der Waals surface area contributed by atoms with E-state index in [4.69, 9.17) is 9.47 Å². The molecule has 0 aliphatic heterocycles. The quantitative estimate of drug-likeness (QED) is 0.0291. The molecule has 0 unspecified atom stereocenters. The van der Waals surface area contributed by atoms with Crippen LogP contribution in [0.5, 0.6) is 11.5 Å². The molecule has 0 radical (unpaired) electrons. The SMILES string of the molecule is CCCCCCCCCCOc1cccc(/C=C/c2cc(/C=C/c3cccc(OC)c3)cc(/C=C/c3ccc4c(c3)C(CCCCCCCC)(CCCCCCCC)c3cc(C(=C(c5ccccc5)c5ccccc5)c5ccccc5)ccc3-4)c2)c1. The Kier molecular flexibility index (Phi) is 24.7. The summed E-state index contributed by atoms with van der Waals surface area (Å²) in [5.74, 6) is 1.79. The van der Waals surface area contributed by atoms with E-state index in [1.54, 1.807) is 7.11 Å². The highest BCUT2D eigenvalue weighted by atomic mass is 16.5. The van der Waals surface area contributed by atoms with Crippen LogP contribution in [-0.2, 0) is 5.41 Å². The predicted molar refractivity (Wildman–Crippen MR) is 374 cm³/mol. The van der Waals surface area contributed by atoms with Crippen LogP contribution < -0.4 is 9.47 Å². The van der Waals surface area contributed by atoms with E-state index in [-0.39, 0.29) is 5.41 Å². The molecule has 9 rings (SSSR count). The Morgan fingerprint density at radius 2 is 0.698 bits per heavy atom. The minimum absolute atomic E-state index is 0.125. The lowest BCUT2D eigenvalue weighted by Gasteiger charge is -2.33. The van der Waals surface area contributed by atoms with Crippen molar-refractivity contribution in [1.82, 2.24) is 0 Å². The molecular weight excluding hydrogens is 1040 g/mol. The number of unbranched alkanes of at least 4 members (excludes halogenated alkanes) is 17.